The first kappa shape index (κ1) is 15.7. The van der Waals surface area contributed by atoms with Crippen LogP contribution in [0.5, 0.6) is 5.75 Å². The van der Waals surface area contributed by atoms with Gasteiger partial charge in [-0.1, -0.05) is 12.1 Å². The quantitative estimate of drug-likeness (QED) is 0.849. The van der Waals surface area contributed by atoms with Crippen molar-refractivity contribution < 1.29 is 9.53 Å². The van der Waals surface area contributed by atoms with Gasteiger partial charge in [0.15, 0.2) is 0 Å². The lowest BCUT2D eigenvalue weighted by atomic mass is 10.0. The summed E-state index contributed by atoms with van der Waals surface area (Å²) in [4.78, 5) is 14.4. The van der Waals surface area contributed by atoms with Crippen LogP contribution < -0.4 is 4.74 Å². The van der Waals surface area contributed by atoms with Crippen molar-refractivity contribution in [3.63, 3.8) is 0 Å². The lowest BCUT2D eigenvalue weighted by molar-refractivity contribution is -0.132. The molecule has 0 spiro atoms. The van der Waals surface area contributed by atoms with Crippen molar-refractivity contribution in [2.24, 2.45) is 0 Å². The van der Waals surface area contributed by atoms with E-state index in [9.17, 15) is 4.79 Å². The molecule has 1 aromatic heterocycles. The molecule has 0 N–H and O–H groups in total. The molecule has 1 saturated heterocycles. The molecule has 1 fully saturated rings. The van der Waals surface area contributed by atoms with Gasteiger partial charge in [0.2, 0.25) is 5.91 Å². The molecule has 2 aromatic rings. The summed E-state index contributed by atoms with van der Waals surface area (Å²) >= 11 is 0. The number of carbonyl (C=O) groups is 1. The Bertz CT molecular complexity index is 611. The van der Waals surface area contributed by atoms with Crippen LogP contribution in [0.15, 0.2) is 48.8 Å². The summed E-state index contributed by atoms with van der Waals surface area (Å²) in [6.07, 6.45) is 7.70. The van der Waals surface area contributed by atoms with Crippen molar-refractivity contribution in [3.8, 4) is 5.75 Å². The molecule has 0 bridgehead atoms. The van der Waals surface area contributed by atoms with Crippen LogP contribution in [0.2, 0.25) is 0 Å². The van der Waals surface area contributed by atoms with Gasteiger partial charge in [-0.15, -0.1) is 0 Å². The van der Waals surface area contributed by atoms with E-state index in [4.69, 9.17) is 4.74 Å². The number of aryl methyl sites for hydroxylation is 1. The molecule has 0 unspecified atom stereocenters. The number of benzene rings is 1. The summed E-state index contributed by atoms with van der Waals surface area (Å²) in [6.45, 7) is 1.73. The Hall–Kier alpha value is -2.23. The number of aromatic nitrogens is 1. The first-order valence-electron chi connectivity index (χ1n) is 8.29. The predicted octanol–water partition coefficient (Wildman–Crippen LogP) is 3.29. The van der Waals surface area contributed by atoms with Gasteiger partial charge < -0.3 is 14.2 Å². The standard InChI is InChI=1S/C19H24N2O2/c1-23-18-7-4-16(5-8-18)6-9-19(22)21-14-10-17(11-15-21)20-12-2-3-13-20/h2-5,7-8,12-13,17H,6,9-11,14-15H2,1H3. The second kappa shape index (κ2) is 7.36. The summed E-state index contributed by atoms with van der Waals surface area (Å²) in [6, 6.07) is 12.6. The lowest BCUT2D eigenvalue weighted by Crippen LogP contribution is -2.39. The molecule has 1 aromatic carbocycles. The number of likely N-dealkylation sites (tertiary alicyclic amines) is 1. The minimum absolute atomic E-state index is 0.270. The second-order valence-electron chi connectivity index (χ2n) is 6.09. The van der Waals surface area contributed by atoms with Crippen molar-refractivity contribution in [3.05, 3.63) is 54.4 Å². The summed E-state index contributed by atoms with van der Waals surface area (Å²) in [7, 11) is 1.66. The summed E-state index contributed by atoms with van der Waals surface area (Å²) in [5.41, 5.74) is 1.18. The molecule has 0 atom stereocenters. The highest BCUT2D eigenvalue weighted by molar-refractivity contribution is 5.76. The minimum atomic E-state index is 0.270. The molecule has 4 nitrogen and oxygen atoms in total. The maximum Gasteiger partial charge on any atom is 0.222 e. The molecule has 1 amide bonds. The molecule has 3 rings (SSSR count). The van der Waals surface area contributed by atoms with Crippen molar-refractivity contribution >= 4 is 5.91 Å². The highest BCUT2D eigenvalue weighted by Gasteiger charge is 2.22. The summed E-state index contributed by atoms with van der Waals surface area (Å²) in [5.74, 6) is 1.12. The van der Waals surface area contributed by atoms with Gasteiger partial charge in [-0.2, -0.15) is 0 Å². The monoisotopic (exact) mass is 312 g/mol. The van der Waals surface area contributed by atoms with Crippen LogP contribution in [0.1, 0.15) is 30.9 Å². The maximum absolute atomic E-state index is 12.4. The predicted molar refractivity (Wildman–Crippen MR) is 90.6 cm³/mol. The van der Waals surface area contributed by atoms with E-state index in [2.05, 4.69) is 29.1 Å². The van der Waals surface area contributed by atoms with Crippen LogP contribution in [-0.2, 0) is 11.2 Å². The van der Waals surface area contributed by atoms with E-state index < -0.39 is 0 Å². The zero-order chi connectivity index (χ0) is 16.1. The second-order valence-corrected chi connectivity index (χ2v) is 6.09. The van der Waals surface area contributed by atoms with E-state index >= 15 is 0 Å². The number of carbonyl (C=O) groups excluding carboxylic acids is 1. The third-order valence-electron chi connectivity index (χ3n) is 4.65. The molecule has 0 aliphatic carbocycles. The molecule has 0 saturated carbocycles. The largest absolute Gasteiger partial charge is 0.497 e. The van der Waals surface area contributed by atoms with E-state index in [0.717, 1.165) is 38.1 Å². The molecule has 2 heterocycles. The molecular weight excluding hydrogens is 288 g/mol. The fourth-order valence-electron chi connectivity index (χ4n) is 3.21. The average Bonchev–Trinajstić information content (AvgIpc) is 3.15. The van der Waals surface area contributed by atoms with Crippen LogP contribution in [0.25, 0.3) is 0 Å². The van der Waals surface area contributed by atoms with Gasteiger partial charge in [0.1, 0.15) is 5.75 Å². The molecule has 0 radical (unpaired) electrons. The fraction of sp³-hybridized carbons (Fsp3) is 0.421. The Morgan fingerprint density at radius 2 is 1.78 bits per heavy atom. The Morgan fingerprint density at radius 3 is 2.39 bits per heavy atom. The van der Waals surface area contributed by atoms with Gasteiger partial charge in [-0.25, -0.2) is 0 Å². The van der Waals surface area contributed by atoms with E-state index in [1.165, 1.54) is 5.56 Å². The third kappa shape index (κ3) is 3.95. The zero-order valence-corrected chi connectivity index (χ0v) is 13.6. The van der Waals surface area contributed by atoms with E-state index in [0.29, 0.717) is 12.5 Å². The maximum atomic E-state index is 12.4. The van der Waals surface area contributed by atoms with Crippen LogP contribution in [0, 0.1) is 0 Å². The highest BCUT2D eigenvalue weighted by Crippen LogP contribution is 2.23. The van der Waals surface area contributed by atoms with Crippen molar-refractivity contribution in [1.29, 1.82) is 0 Å². The van der Waals surface area contributed by atoms with Crippen molar-refractivity contribution in [2.45, 2.75) is 31.7 Å². The minimum Gasteiger partial charge on any atom is -0.497 e. The first-order valence-corrected chi connectivity index (χ1v) is 8.29. The molecule has 23 heavy (non-hydrogen) atoms. The molecule has 1 aliphatic rings. The van der Waals surface area contributed by atoms with Crippen LogP contribution in [-0.4, -0.2) is 35.6 Å². The van der Waals surface area contributed by atoms with Crippen molar-refractivity contribution in [2.75, 3.05) is 20.2 Å². The Morgan fingerprint density at radius 1 is 1.13 bits per heavy atom. The zero-order valence-electron chi connectivity index (χ0n) is 13.6. The highest BCUT2D eigenvalue weighted by atomic mass is 16.5. The van der Waals surface area contributed by atoms with Gasteiger partial charge in [-0.3, -0.25) is 4.79 Å². The number of hydrogen-bond acceptors (Lipinski definition) is 2. The summed E-state index contributed by atoms with van der Waals surface area (Å²) in [5, 5.41) is 0. The van der Waals surface area contributed by atoms with Gasteiger partial charge in [0.05, 0.1) is 7.11 Å². The smallest absolute Gasteiger partial charge is 0.222 e. The molecule has 1 aliphatic heterocycles. The summed E-state index contributed by atoms with van der Waals surface area (Å²) < 4.78 is 7.42. The number of methoxy groups -OCH3 is 1. The van der Waals surface area contributed by atoms with Crippen molar-refractivity contribution in [1.82, 2.24) is 9.47 Å². The molecule has 4 heteroatoms. The Labute approximate surface area is 137 Å². The normalized spacial score (nSPS) is 15.6. The Kier molecular flexibility index (Phi) is 5.01. The van der Waals surface area contributed by atoms with E-state index in [1.807, 2.05) is 29.2 Å². The van der Waals surface area contributed by atoms with Crippen LogP contribution >= 0.6 is 0 Å². The molecular formula is C19H24N2O2. The first-order chi connectivity index (χ1) is 11.3. The third-order valence-corrected chi connectivity index (χ3v) is 4.65. The number of nitrogens with zero attached hydrogens (tertiary/aromatic N) is 2. The van der Waals surface area contributed by atoms with Crippen LogP contribution in [0.3, 0.4) is 0 Å². The number of ether oxygens (including phenoxy) is 1. The van der Waals surface area contributed by atoms with Gasteiger partial charge >= 0.3 is 0 Å². The number of amides is 1. The molecule has 122 valence electrons. The number of hydrogen-bond donors (Lipinski definition) is 0. The van der Waals surface area contributed by atoms with Gasteiger partial charge in [0, 0.05) is 37.9 Å². The number of piperidine rings is 1. The lowest BCUT2D eigenvalue weighted by Gasteiger charge is -2.33. The number of rotatable bonds is 5. The SMILES string of the molecule is COc1ccc(CCC(=O)N2CCC(n3cccc3)CC2)cc1. The average molecular weight is 312 g/mol. The van der Waals surface area contributed by atoms with E-state index in [-0.39, 0.29) is 5.91 Å². The fourth-order valence-corrected chi connectivity index (χ4v) is 3.21. The van der Waals surface area contributed by atoms with Gasteiger partial charge in [0.25, 0.3) is 0 Å². The van der Waals surface area contributed by atoms with E-state index in [1.54, 1.807) is 7.11 Å². The van der Waals surface area contributed by atoms with Crippen LogP contribution in [0.4, 0.5) is 0 Å². The van der Waals surface area contributed by atoms with Gasteiger partial charge in [-0.05, 0) is 49.1 Å². The Balaban J connectivity index is 1.45. The topological polar surface area (TPSA) is 34.5 Å².